The van der Waals surface area contributed by atoms with E-state index in [1.165, 1.54) is 49.7 Å². The smallest absolute Gasteiger partial charge is 0.146 e. The fourth-order valence-electron chi connectivity index (χ4n) is 4.04. The van der Waals surface area contributed by atoms with Gasteiger partial charge in [0.05, 0.1) is 0 Å². The molecular formula is C24H33N3O. The highest BCUT2D eigenvalue weighted by molar-refractivity contribution is 5.73. The van der Waals surface area contributed by atoms with Crippen molar-refractivity contribution in [3.05, 3.63) is 47.0 Å². The zero-order chi connectivity index (χ0) is 19.9. The lowest BCUT2D eigenvalue weighted by atomic mass is 9.93. The third kappa shape index (κ3) is 4.54. The largest absolute Gasteiger partial charge is 0.505 e. The number of hydrogen-bond acceptors (Lipinski definition) is 3. The van der Waals surface area contributed by atoms with Gasteiger partial charge in [0.25, 0.3) is 0 Å². The fourth-order valence-corrected chi connectivity index (χ4v) is 4.04. The molecule has 0 bridgehead atoms. The molecule has 0 atom stereocenters. The van der Waals surface area contributed by atoms with Crippen molar-refractivity contribution in [1.29, 1.82) is 0 Å². The molecule has 0 aliphatic rings. The lowest BCUT2D eigenvalue weighted by Crippen LogP contribution is -2.05. The lowest BCUT2D eigenvalue weighted by Gasteiger charge is -2.16. The highest BCUT2D eigenvalue weighted by Crippen LogP contribution is 2.33. The normalized spacial score (nSPS) is 11.4. The number of aromatic hydroxyl groups is 1. The summed E-state index contributed by atoms with van der Waals surface area (Å²) < 4.78 is 0. The molecule has 0 aliphatic carbocycles. The molecule has 2 aromatic carbocycles. The van der Waals surface area contributed by atoms with Crippen LogP contribution in [0.2, 0.25) is 0 Å². The van der Waals surface area contributed by atoms with Crippen LogP contribution in [0.4, 0.5) is 0 Å². The summed E-state index contributed by atoms with van der Waals surface area (Å²) in [4.78, 5) is 1.58. The van der Waals surface area contributed by atoms with Crippen molar-refractivity contribution in [2.45, 2.75) is 78.6 Å². The van der Waals surface area contributed by atoms with Crippen LogP contribution in [0.25, 0.3) is 16.7 Å². The summed E-state index contributed by atoms with van der Waals surface area (Å²) in [5.41, 5.74) is 5.91. The number of aryl methyl sites for hydroxylation is 1. The van der Waals surface area contributed by atoms with Crippen molar-refractivity contribution >= 4 is 11.0 Å². The van der Waals surface area contributed by atoms with Gasteiger partial charge in [0.15, 0.2) is 0 Å². The second-order valence-corrected chi connectivity index (χ2v) is 7.72. The maximum Gasteiger partial charge on any atom is 0.146 e. The number of rotatable bonds is 10. The number of hydrogen-bond donors (Lipinski definition) is 1. The Hall–Kier alpha value is -2.36. The van der Waals surface area contributed by atoms with Crippen LogP contribution in [0, 0.1) is 6.92 Å². The number of phenolic OH excluding ortho intramolecular Hbond substituents is 1. The maximum atomic E-state index is 11.1. The molecule has 0 aliphatic heterocycles. The predicted octanol–water partition coefficient (Wildman–Crippen LogP) is 6.29. The molecule has 0 saturated carbocycles. The van der Waals surface area contributed by atoms with E-state index in [-0.39, 0.29) is 0 Å². The van der Waals surface area contributed by atoms with E-state index in [9.17, 15) is 5.11 Å². The Morgan fingerprint density at radius 2 is 1.46 bits per heavy atom. The monoisotopic (exact) mass is 379 g/mol. The second-order valence-electron chi connectivity index (χ2n) is 7.72. The minimum atomic E-state index is 0.341. The molecule has 0 amide bonds. The number of aromatic nitrogens is 3. The Bertz CT molecular complexity index is 881. The summed E-state index contributed by atoms with van der Waals surface area (Å²) >= 11 is 0. The Morgan fingerprint density at radius 1 is 0.857 bits per heavy atom. The number of phenols is 1. The molecule has 1 heterocycles. The molecule has 3 rings (SSSR count). The van der Waals surface area contributed by atoms with E-state index in [2.05, 4.69) is 31.0 Å². The van der Waals surface area contributed by atoms with Crippen molar-refractivity contribution in [2.75, 3.05) is 0 Å². The third-order valence-electron chi connectivity index (χ3n) is 5.61. The molecule has 0 saturated heterocycles. The number of benzene rings is 2. The van der Waals surface area contributed by atoms with Crippen LogP contribution in [0.3, 0.4) is 0 Å². The van der Waals surface area contributed by atoms with Gasteiger partial charge in [-0.3, -0.25) is 0 Å². The van der Waals surface area contributed by atoms with Crippen LogP contribution < -0.4 is 0 Å². The van der Waals surface area contributed by atoms with E-state index in [1.807, 2.05) is 30.3 Å². The van der Waals surface area contributed by atoms with Gasteiger partial charge in [-0.25, -0.2) is 0 Å². The van der Waals surface area contributed by atoms with Crippen LogP contribution in [-0.4, -0.2) is 20.1 Å². The first-order valence-electron chi connectivity index (χ1n) is 10.8. The first kappa shape index (κ1) is 20.4. The molecule has 1 N–H and O–H groups in total. The minimum absolute atomic E-state index is 0.341. The molecule has 3 aromatic rings. The van der Waals surface area contributed by atoms with Crippen LogP contribution in [0.1, 0.15) is 75.5 Å². The van der Waals surface area contributed by atoms with Gasteiger partial charge in [-0.15, -0.1) is 15.0 Å². The zero-order valence-electron chi connectivity index (χ0n) is 17.5. The maximum absolute atomic E-state index is 11.1. The van der Waals surface area contributed by atoms with E-state index in [4.69, 9.17) is 0 Å². The fraction of sp³-hybridized carbons (Fsp3) is 0.500. The van der Waals surface area contributed by atoms with Crippen molar-refractivity contribution in [2.24, 2.45) is 0 Å². The molecule has 28 heavy (non-hydrogen) atoms. The van der Waals surface area contributed by atoms with Gasteiger partial charge < -0.3 is 5.11 Å². The summed E-state index contributed by atoms with van der Waals surface area (Å²) in [6, 6.07) is 9.82. The summed E-state index contributed by atoms with van der Waals surface area (Å²) in [5, 5.41) is 20.2. The molecule has 0 radical (unpaired) electrons. The Kier molecular flexibility index (Phi) is 7.07. The summed E-state index contributed by atoms with van der Waals surface area (Å²) in [6.45, 7) is 6.54. The van der Waals surface area contributed by atoms with Crippen LogP contribution in [-0.2, 0) is 12.8 Å². The average molecular weight is 380 g/mol. The van der Waals surface area contributed by atoms with Gasteiger partial charge in [0.2, 0.25) is 0 Å². The van der Waals surface area contributed by atoms with Crippen molar-refractivity contribution in [1.82, 2.24) is 15.0 Å². The molecular weight excluding hydrogens is 346 g/mol. The van der Waals surface area contributed by atoms with Crippen LogP contribution in [0.15, 0.2) is 30.3 Å². The van der Waals surface area contributed by atoms with Crippen LogP contribution in [0.5, 0.6) is 5.75 Å². The summed E-state index contributed by atoms with van der Waals surface area (Å²) in [7, 11) is 0. The number of nitrogens with zero attached hydrogens (tertiary/aromatic N) is 3. The van der Waals surface area contributed by atoms with Gasteiger partial charge >= 0.3 is 0 Å². The topological polar surface area (TPSA) is 50.9 Å². The first-order valence-corrected chi connectivity index (χ1v) is 10.8. The Balaban J connectivity index is 1.81. The average Bonchev–Trinajstić information content (AvgIpc) is 3.13. The lowest BCUT2D eigenvalue weighted by molar-refractivity contribution is 0.457. The number of fused-ring (bicyclic) bond motifs is 1. The van der Waals surface area contributed by atoms with Gasteiger partial charge in [0.1, 0.15) is 22.5 Å². The molecule has 0 unspecified atom stereocenters. The second kappa shape index (κ2) is 9.72. The third-order valence-corrected chi connectivity index (χ3v) is 5.61. The molecule has 4 nitrogen and oxygen atoms in total. The quantitative estimate of drug-likeness (QED) is 0.421. The number of unbranched alkanes of at least 4 members (excludes halogenated alkanes) is 6. The first-order chi connectivity index (χ1) is 13.7. The standard InChI is InChI=1S/C24H33N3O/c1-4-6-7-8-9-10-11-14-20-19(5-2)18(3)17-23(24(20)28)27-25-21-15-12-13-16-22(21)26-27/h12-13,15-17,28H,4-11,14H2,1-3H3. The van der Waals surface area contributed by atoms with Crippen molar-refractivity contribution in [3.8, 4) is 11.4 Å². The highest BCUT2D eigenvalue weighted by Gasteiger charge is 2.17. The predicted molar refractivity (Wildman–Crippen MR) is 116 cm³/mol. The van der Waals surface area contributed by atoms with Crippen molar-refractivity contribution in [3.63, 3.8) is 0 Å². The molecule has 1 aromatic heterocycles. The molecule has 0 spiro atoms. The zero-order valence-corrected chi connectivity index (χ0v) is 17.5. The SMILES string of the molecule is CCCCCCCCCc1c(O)c(-n2nc3ccccc3n2)cc(C)c1CC. The Labute approximate surface area is 168 Å². The van der Waals surface area contributed by atoms with E-state index in [0.29, 0.717) is 11.4 Å². The van der Waals surface area contributed by atoms with Gasteiger partial charge in [0, 0.05) is 0 Å². The van der Waals surface area contributed by atoms with E-state index in [1.54, 1.807) is 4.80 Å². The minimum Gasteiger partial charge on any atom is -0.505 e. The van der Waals surface area contributed by atoms with E-state index >= 15 is 0 Å². The van der Waals surface area contributed by atoms with Crippen LogP contribution >= 0.6 is 0 Å². The highest BCUT2D eigenvalue weighted by atomic mass is 16.3. The molecule has 0 fully saturated rings. The summed E-state index contributed by atoms with van der Waals surface area (Å²) in [6.07, 6.45) is 10.8. The van der Waals surface area contributed by atoms with Gasteiger partial charge in [-0.1, -0.05) is 64.5 Å². The Morgan fingerprint density at radius 3 is 2.07 bits per heavy atom. The van der Waals surface area contributed by atoms with E-state index < -0.39 is 0 Å². The van der Waals surface area contributed by atoms with E-state index in [0.717, 1.165) is 35.9 Å². The molecule has 150 valence electrons. The summed E-state index contributed by atoms with van der Waals surface area (Å²) in [5.74, 6) is 0.341. The van der Waals surface area contributed by atoms with Gasteiger partial charge in [-0.2, -0.15) is 0 Å². The van der Waals surface area contributed by atoms with Crippen molar-refractivity contribution < 1.29 is 5.11 Å². The van der Waals surface area contributed by atoms with Gasteiger partial charge in [-0.05, 0) is 61.1 Å². The molecule has 4 heteroatoms.